The minimum absolute atomic E-state index is 0.234. The molecule has 196 valence electrons. The molecule has 39 heavy (non-hydrogen) atoms. The number of hydrogen-bond acceptors (Lipinski definition) is 6. The van der Waals surface area contributed by atoms with Gasteiger partial charge >= 0.3 is 11.6 Å². The molecule has 1 unspecified atom stereocenters. The molecule has 0 saturated carbocycles. The number of aromatic amines is 1. The Morgan fingerprint density at radius 2 is 1.79 bits per heavy atom. The van der Waals surface area contributed by atoms with Crippen molar-refractivity contribution in [1.29, 1.82) is 0 Å². The van der Waals surface area contributed by atoms with E-state index in [0.717, 1.165) is 38.7 Å². The maximum atomic E-state index is 13.4. The molecule has 8 nitrogen and oxygen atoms in total. The van der Waals surface area contributed by atoms with Gasteiger partial charge < -0.3 is 23.8 Å². The van der Waals surface area contributed by atoms with Crippen molar-refractivity contribution in [3.05, 3.63) is 100 Å². The molecular weight excluding hydrogens is 496 g/mol. The summed E-state index contributed by atoms with van der Waals surface area (Å²) in [7, 11) is 1.32. The highest BCUT2D eigenvalue weighted by Gasteiger charge is 2.37. The van der Waals surface area contributed by atoms with Crippen molar-refractivity contribution in [1.82, 2.24) is 9.88 Å². The maximum Gasteiger partial charge on any atom is 0.336 e. The summed E-state index contributed by atoms with van der Waals surface area (Å²) in [5, 5.41) is 1.80. The van der Waals surface area contributed by atoms with Crippen LogP contribution in [0.2, 0.25) is 0 Å². The third-order valence-corrected chi connectivity index (χ3v) is 7.34. The van der Waals surface area contributed by atoms with Crippen molar-refractivity contribution in [2.24, 2.45) is 0 Å². The first-order valence-electron chi connectivity index (χ1n) is 12.7. The van der Waals surface area contributed by atoms with Gasteiger partial charge in [-0.1, -0.05) is 48.5 Å². The molecule has 0 aliphatic carbocycles. The van der Waals surface area contributed by atoms with Crippen molar-refractivity contribution in [3.8, 4) is 16.9 Å². The number of methoxy groups -OCH3 is 1. The molecule has 0 fully saturated rings. The zero-order chi connectivity index (χ0) is 27.1. The number of carbonyl (C=O) groups excluding carboxylic acids is 2. The van der Waals surface area contributed by atoms with E-state index in [1.165, 1.54) is 18.1 Å². The number of esters is 1. The molecule has 3 aromatic carbocycles. The Balaban J connectivity index is 1.28. The van der Waals surface area contributed by atoms with Crippen LogP contribution in [0.3, 0.4) is 0 Å². The van der Waals surface area contributed by atoms with E-state index in [1.807, 2.05) is 60.7 Å². The summed E-state index contributed by atoms with van der Waals surface area (Å²) in [5.41, 5.74) is 5.06. The van der Waals surface area contributed by atoms with Crippen LogP contribution in [0, 0.1) is 6.92 Å². The number of benzene rings is 3. The lowest BCUT2D eigenvalue weighted by molar-refractivity contribution is -0.154. The van der Waals surface area contributed by atoms with Gasteiger partial charge in [-0.15, -0.1) is 0 Å². The lowest BCUT2D eigenvalue weighted by Gasteiger charge is -2.33. The van der Waals surface area contributed by atoms with Crippen LogP contribution in [0.4, 0.5) is 0 Å². The summed E-state index contributed by atoms with van der Waals surface area (Å²) < 4.78 is 16.5. The first kappa shape index (κ1) is 24.5. The SMILES string of the molecule is COC(=O)C1Cc2c([nH]c3ccccc23)CN1C(=O)COc1ccc2c(-c3ccccc3)cc(=O)oc2c1C. The van der Waals surface area contributed by atoms with Gasteiger partial charge in [0.1, 0.15) is 17.4 Å². The van der Waals surface area contributed by atoms with E-state index in [0.29, 0.717) is 23.3 Å². The van der Waals surface area contributed by atoms with Crippen LogP contribution >= 0.6 is 0 Å². The van der Waals surface area contributed by atoms with E-state index in [4.69, 9.17) is 13.9 Å². The van der Waals surface area contributed by atoms with Gasteiger partial charge in [-0.3, -0.25) is 4.79 Å². The first-order valence-corrected chi connectivity index (χ1v) is 12.7. The number of amides is 1. The third kappa shape index (κ3) is 4.33. The maximum absolute atomic E-state index is 13.4. The van der Waals surface area contributed by atoms with E-state index in [2.05, 4.69) is 4.98 Å². The number of rotatable bonds is 5. The highest BCUT2D eigenvalue weighted by Crippen LogP contribution is 2.34. The average molecular weight is 523 g/mol. The van der Waals surface area contributed by atoms with Gasteiger partial charge in [0.05, 0.1) is 13.7 Å². The van der Waals surface area contributed by atoms with Crippen molar-refractivity contribution in [2.45, 2.75) is 25.9 Å². The Bertz CT molecular complexity index is 1790. The molecule has 0 saturated heterocycles. The van der Waals surface area contributed by atoms with Gasteiger partial charge in [0.25, 0.3) is 5.91 Å². The Labute approximate surface area is 223 Å². The van der Waals surface area contributed by atoms with Crippen LogP contribution < -0.4 is 10.4 Å². The highest BCUT2D eigenvalue weighted by molar-refractivity contribution is 5.96. The minimum Gasteiger partial charge on any atom is -0.483 e. The van der Waals surface area contributed by atoms with Gasteiger partial charge in [0.15, 0.2) is 6.61 Å². The van der Waals surface area contributed by atoms with Gasteiger partial charge in [0.2, 0.25) is 0 Å². The van der Waals surface area contributed by atoms with Crippen molar-refractivity contribution in [3.63, 3.8) is 0 Å². The lowest BCUT2D eigenvalue weighted by Crippen LogP contribution is -2.50. The van der Waals surface area contributed by atoms with E-state index in [1.54, 1.807) is 13.0 Å². The van der Waals surface area contributed by atoms with E-state index < -0.39 is 17.6 Å². The fraction of sp³-hybridized carbons (Fsp3) is 0.194. The number of H-pyrrole nitrogens is 1. The summed E-state index contributed by atoms with van der Waals surface area (Å²) in [6.45, 7) is 1.73. The fourth-order valence-corrected chi connectivity index (χ4v) is 5.39. The smallest absolute Gasteiger partial charge is 0.336 e. The summed E-state index contributed by atoms with van der Waals surface area (Å²) in [4.78, 5) is 43.4. The van der Waals surface area contributed by atoms with Crippen molar-refractivity contribution in [2.75, 3.05) is 13.7 Å². The Morgan fingerprint density at radius 3 is 2.59 bits per heavy atom. The molecule has 1 aliphatic heterocycles. The molecule has 1 N–H and O–H groups in total. The van der Waals surface area contributed by atoms with Crippen LogP contribution in [0.25, 0.3) is 33.0 Å². The van der Waals surface area contributed by atoms with Crippen LogP contribution in [-0.2, 0) is 27.3 Å². The topological polar surface area (TPSA) is 102 Å². The average Bonchev–Trinajstić information content (AvgIpc) is 3.33. The number of nitrogens with zero attached hydrogens (tertiary/aromatic N) is 1. The standard InChI is InChI=1S/C31H26N2O6/c1-18-27(13-12-21-22(15-29(35)39-30(18)21)19-8-4-3-5-9-19)38-17-28(34)33-16-25-23(14-26(33)31(36)37-2)20-10-6-7-11-24(20)32-25/h3-13,15,26,32H,14,16-17H2,1-2H3. The molecule has 5 aromatic rings. The fourth-order valence-electron chi connectivity index (χ4n) is 5.39. The molecular formula is C31H26N2O6. The predicted molar refractivity (Wildman–Crippen MR) is 147 cm³/mol. The number of aryl methyl sites for hydroxylation is 1. The van der Waals surface area contributed by atoms with Crippen LogP contribution in [0.1, 0.15) is 16.8 Å². The molecule has 1 amide bonds. The third-order valence-electron chi connectivity index (χ3n) is 7.34. The number of hydrogen-bond donors (Lipinski definition) is 1. The molecule has 1 aliphatic rings. The quantitative estimate of drug-likeness (QED) is 0.264. The summed E-state index contributed by atoms with van der Waals surface area (Å²) in [6.07, 6.45) is 0.347. The van der Waals surface area contributed by atoms with Crippen LogP contribution in [0.15, 0.2) is 82.0 Å². The summed E-state index contributed by atoms with van der Waals surface area (Å²) >= 11 is 0. The molecule has 2 aromatic heterocycles. The van der Waals surface area contributed by atoms with Gasteiger partial charge in [-0.25, -0.2) is 9.59 Å². The van der Waals surface area contributed by atoms with Crippen LogP contribution in [0.5, 0.6) is 5.75 Å². The van der Waals surface area contributed by atoms with Crippen molar-refractivity contribution >= 4 is 33.7 Å². The Kier molecular flexibility index (Phi) is 6.15. The summed E-state index contributed by atoms with van der Waals surface area (Å²) in [6, 6.07) is 21.8. The molecule has 6 rings (SSSR count). The zero-order valence-corrected chi connectivity index (χ0v) is 21.5. The monoisotopic (exact) mass is 522 g/mol. The Hall–Kier alpha value is -4.85. The number of nitrogens with one attached hydrogen (secondary N) is 1. The molecule has 1 atom stereocenters. The van der Waals surface area contributed by atoms with E-state index in [9.17, 15) is 14.4 Å². The van der Waals surface area contributed by atoms with Crippen LogP contribution in [-0.4, -0.2) is 41.5 Å². The Morgan fingerprint density at radius 1 is 1.03 bits per heavy atom. The molecule has 0 bridgehead atoms. The van der Waals surface area contributed by atoms with Gasteiger partial charge in [-0.05, 0) is 41.8 Å². The second-order valence-electron chi connectivity index (χ2n) is 9.59. The molecule has 3 heterocycles. The molecule has 8 heteroatoms. The first-order chi connectivity index (χ1) is 18.9. The van der Waals surface area contributed by atoms with E-state index >= 15 is 0 Å². The number of fused-ring (bicyclic) bond motifs is 4. The lowest BCUT2D eigenvalue weighted by atomic mass is 9.96. The second kappa shape index (κ2) is 9.79. The highest BCUT2D eigenvalue weighted by atomic mass is 16.5. The number of carbonyl (C=O) groups is 2. The number of aromatic nitrogens is 1. The normalized spacial score (nSPS) is 14.8. The number of ether oxygens (including phenoxy) is 2. The van der Waals surface area contributed by atoms with Gasteiger partial charge in [-0.2, -0.15) is 0 Å². The van der Waals surface area contributed by atoms with E-state index in [-0.39, 0.29) is 19.1 Å². The zero-order valence-electron chi connectivity index (χ0n) is 21.5. The molecule has 0 spiro atoms. The number of para-hydroxylation sites is 1. The van der Waals surface area contributed by atoms with Crippen molar-refractivity contribution < 1.29 is 23.5 Å². The van der Waals surface area contributed by atoms with Gasteiger partial charge in [0, 0.05) is 40.0 Å². The largest absolute Gasteiger partial charge is 0.483 e. The second-order valence-corrected chi connectivity index (χ2v) is 9.59. The summed E-state index contributed by atoms with van der Waals surface area (Å²) in [5.74, 6) is -0.410. The predicted octanol–water partition coefficient (Wildman–Crippen LogP) is 4.76. The minimum atomic E-state index is -0.762. The molecule has 0 radical (unpaired) electrons.